The first-order chi connectivity index (χ1) is 11.1. The highest BCUT2D eigenvalue weighted by Crippen LogP contribution is 2.23. The first-order valence-electron chi connectivity index (χ1n) is 7.51. The molecule has 0 aliphatic heterocycles. The van der Waals surface area contributed by atoms with Crippen LogP contribution in [-0.4, -0.2) is 26.2 Å². The van der Waals surface area contributed by atoms with Crippen LogP contribution < -0.4 is 20.5 Å². The highest BCUT2D eigenvalue weighted by molar-refractivity contribution is 5.95. The van der Waals surface area contributed by atoms with Gasteiger partial charge >= 0.3 is 0 Å². The number of amides is 1. The number of methoxy groups -OCH3 is 1. The molecule has 1 atom stereocenters. The van der Waals surface area contributed by atoms with Crippen LogP contribution in [0.2, 0.25) is 0 Å². The van der Waals surface area contributed by atoms with Gasteiger partial charge in [-0.2, -0.15) is 0 Å². The van der Waals surface area contributed by atoms with Crippen LogP contribution in [0, 0.1) is 0 Å². The Kier molecular flexibility index (Phi) is 6.00. The van der Waals surface area contributed by atoms with Gasteiger partial charge in [0.15, 0.2) is 0 Å². The van der Waals surface area contributed by atoms with Gasteiger partial charge in [0.1, 0.15) is 18.1 Å². The largest absolute Gasteiger partial charge is 0.497 e. The maximum atomic E-state index is 12.4. The Labute approximate surface area is 136 Å². The lowest BCUT2D eigenvalue weighted by atomic mass is 10.00. The van der Waals surface area contributed by atoms with E-state index in [0.717, 1.165) is 22.7 Å². The zero-order valence-electron chi connectivity index (χ0n) is 13.4. The zero-order chi connectivity index (χ0) is 16.7. The van der Waals surface area contributed by atoms with Gasteiger partial charge in [0, 0.05) is 12.2 Å². The molecule has 2 aromatic rings. The van der Waals surface area contributed by atoms with Crippen LogP contribution in [0.1, 0.15) is 18.4 Å². The van der Waals surface area contributed by atoms with Crippen LogP contribution in [0.4, 0.5) is 5.69 Å². The number of hydrogen-bond donors (Lipinski definition) is 2. The van der Waals surface area contributed by atoms with Crippen molar-refractivity contribution in [3.05, 3.63) is 54.1 Å². The van der Waals surface area contributed by atoms with Crippen molar-refractivity contribution in [2.24, 2.45) is 5.73 Å². The van der Waals surface area contributed by atoms with E-state index in [1.165, 1.54) is 0 Å². The average Bonchev–Trinajstić information content (AvgIpc) is 2.60. The van der Waals surface area contributed by atoms with Crippen molar-refractivity contribution >= 4 is 11.6 Å². The summed E-state index contributed by atoms with van der Waals surface area (Å²) in [5, 5.41) is 2.90. The summed E-state index contributed by atoms with van der Waals surface area (Å²) in [4.78, 5) is 12.4. The van der Waals surface area contributed by atoms with Crippen molar-refractivity contribution in [1.29, 1.82) is 0 Å². The van der Waals surface area contributed by atoms with Gasteiger partial charge in [-0.25, -0.2) is 0 Å². The zero-order valence-corrected chi connectivity index (χ0v) is 13.4. The molecule has 0 saturated heterocycles. The summed E-state index contributed by atoms with van der Waals surface area (Å²) >= 11 is 0. The second kappa shape index (κ2) is 8.19. The van der Waals surface area contributed by atoms with E-state index in [4.69, 9.17) is 15.2 Å². The maximum Gasteiger partial charge on any atom is 0.231 e. The first-order valence-corrected chi connectivity index (χ1v) is 7.51. The highest BCUT2D eigenvalue weighted by Gasteiger charge is 2.16. The molecule has 0 spiro atoms. The van der Waals surface area contributed by atoms with Gasteiger partial charge in [-0.1, -0.05) is 12.1 Å². The quantitative estimate of drug-likeness (QED) is 0.824. The minimum absolute atomic E-state index is 0.0751. The number of nitrogens with one attached hydrogen (secondary N) is 1. The molecule has 0 aliphatic carbocycles. The molecule has 0 fully saturated rings. The summed E-state index contributed by atoms with van der Waals surface area (Å²) in [6.45, 7) is 2.80. The summed E-state index contributed by atoms with van der Waals surface area (Å²) in [5.41, 5.74) is 7.02. The summed E-state index contributed by atoms with van der Waals surface area (Å²) in [6.07, 6.45) is 0. The molecule has 1 unspecified atom stereocenters. The number of carbonyl (C=O) groups is 1. The summed E-state index contributed by atoms with van der Waals surface area (Å²) in [7, 11) is 1.61. The lowest BCUT2D eigenvalue weighted by Crippen LogP contribution is -2.18. The third kappa shape index (κ3) is 4.72. The Morgan fingerprint density at radius 2 is 1.91 bits per heavy atom. The van der Waals surface area contributed by atoms with E-state index in [0.29, 0.717) is 13.2 Å². The van der Waals surface area contributed by atoms with Crippen LogP contribution in [0.3, 0.4) is 0 Å². The van der Waals surface area contributed by atoms with Crippen molar-refractivity contribution in [1.82, 2.24) is 0 Å². The van der Waals surface area contributed by atoms with E-state index < -0.39 is 0 Å². The SMILES string of the molecule is COc1cccc(C(C)C(=O)Nc2ccc(OCCN)cc2)c1. The van der Waals surface area contributed by atoms with Gasteiger partial charge in [-0.05, 0) is 48.9 Å². The molecule has 0 radical (unpaired) electrons. The summed E-state index contributed by atoms with van der Waals surface area (Å²) in [5.74, 6) is 1.12. The summed E-state index contributed by atoms with van der Waals surface area (Å²) < 4.78 is 10.6. The Morgan fingerprint density at radius 3 is 2.57 bits per heavy atom. The molecule has 0 aliphatic rings. The van der Waals surface area contributed by atoms with Crippen LogP contribution in [0.25, 0.3) is 0 Å². The number of carbonyl (C=O) groups excluding carboxylic acids is 1. The van der Waals surface area contributed by atoms with Crippen molar-refractivity contribution in [2.75, 3.05) is 25.6 Å². The lowest BCUT2D eigenvalue weighted by molar-refractivity contribution is -0.117. The van der Waals surface area contributed by atoms with Crippen LogP contribution in [0.15, 0.2) is 48.5 Å². The lowest BCUT2D eigenvalue weighted by Gasteiger charge is -2.14. The smallest absolute Gasteiger partial charge is 0.231 e. The Morgan fingerprint density at radius 1 is 1.17 bits per heavy atom. The molecule has 23 heavy (non-hydrogen) atoms. The molecular weight excluding hydrogens is 292 g/mol. The fourth-order valence-corrected chi connectivity index (χ4v) is 2.12. The number of benzene rings is 2. The Balaban J connectivity index is 2.00. The van der Waals surface area contributed by atoms with Gasteiger partial charge in [-0.3, -0.25) is 4.79 Å². The predicted octanol–water partition coefficient (Wildman–Crippen LogP) is 2.77. The second-order valence-electron chi connectivity index (χ2n) is 5.15. The fourth-order valence-electron chi connectivity index (χ4n) is 2.12. The second-order valence-corrected chi connectivity index (χ2v) is 5.15. The van der Waals surface area contributed by atoms with Crippen LogP contribution >= 0.6 is 0 Å². The maximum absolute atomic E-state index is 12.4. The monoisotopic (exact) mass is 314 g/mol. The molecule has 0 bridgehead atoms. The molecule has 0 heterocycles. The third-order valence-electron chi connectivity index (χ3n) is 3.50. The summed E-state index contributed by atoms with van der Waals surface area (Å²) in [6, 6.07) is 14.7. The molecule has 2 rings (SSSR count). The fraction of sp³-hybridized carbons (Fsp3) is 0.278. The highest BCUT2D eigenvalue weighted by atomic mass is 16.5. The molecule has 2 aromatic carbocycles. The standard InChI is InChI=1S/C18H22N2O3/c1-13(14-4-3-5-17(12-14)22-2)18(21)20-15-6-8-16(9-7-15)23-11-10-19/h3-9,12-13H,10-11,19H2,1-2H3,(H,20,21). The predicted molar refractivity (Wildman–Crippen MR) is 91.0 cm³/mol. The Hall–Kier alpha value is -2.53. The van der Waals surface area contributed by atoms with Crippen molar-refractivity contribution in [3.63, 3.8) is 0 Å². The third-order valence-corrected chi connectivity index (χ3v) is 3.50. The van der Waals surface area contributed by atoms with E-state index in [1.54, 1.807) is 7.11 Å². The van der Waals surface area contributed by atoms with Gasteiger partial charge in [0.2, 0.25) is 5.91 Å². The number of anilines is 1. The van der Waals surface area contributed by atoms with Gasteiger partial charge in [0.05, 0.1) is 13.0 Å². The number of rotatable bonds is 7. The van der Waals surface area contributed by atoms with Crippen LogP contribution in [-0.2, 0) is 4.79 Å². The van der Waals surface area contributed by atoms with Crippen molar-refractivity contribution in [3.8, 4) is 11.5 Å². The van der Waals surface area contributed by atoms with Gasteiger partial charge in [0.25, 0.3) is 0 Å². The normalized spacial score (nSPS) is 11.6. The van der Waals surface area contributed by atoms with E-state index >= 15 is 0 Å². The van der Waals surface area contributed by atoms with E-state index in [1.807, 2.05) is 55.5 Å². The average molecular weight is 314 g/mol. The molecule has 3 N–H and O–H groups in total. The van der Waals surface area contributed by atoms with Crippen LogP contribution in [0.5, 0.6) is 11.5 Å². The van der Waals surface area contributed by atoms with Gasteiger partial charge < -0.3 is 20.5 Å². The molecule has 5 nitrogen and oxygen atoms in total. The van der Waals surface area contributed by atoms with E-state index in [9.17, 15) is 4.79 Å². The topological polar surface area (TPSA) is 73.6 Å². The first kappa shape index (κ1) is 16.8. The molecule has 5 heteroatoms. The number of nitrogens with two attached hydrogens (primary N) is 1. The van der Waals surface area contributed by atoms with E-state index in [-0.39, 0.29) is 11.8 Å². The minimum Gasteiger partial charge on any atom is -0.497 e. The molecule has 0 saturated carbocycles. The molecular formula is C18H22N2O3. The van der Waals surface area contributed by atoms with Crippen molar-refractivity contribution in [2.45, 2.75) is 12.8 Å². The van der Waals surface area contributed by atoms with Crippen molar-refractivity contribution < 1.29 is 14.3 Å². The molecule has 0 aromatic heterocycles. The molecule has 122 valence electrons. The number of hydrogen-bond acceptors (Lipinski definition) is 4. The number of ether oxygens (including phenoxy) is 2. The minimum atomic E-state index is -0.279. The molecule has 1 amide bonds. The van der Waals surface area contributed by atoms with Gasteiger partial charge in [-0.15, -0.1) is 0 Å². The van der Waals surface area contributed by atoms with E-state index in [2.05, 4.69) is 5.32 Å². The Bertz CT molecular complexity index is 641.